The molecule has 3 N–H and O–H groups in total. The van der Waals surface area contributed by atoms with E-state index in [9.17, 15) is 13.2 Å². The molecule has 7 heteroatoms. The normalized spacial score (nSPS) is 13.4. The summed E-state index contributed by atoms with van der Waals surface area (Å²) in [5, 5.41) is 0. The number of hydrogen-bond donors (Lipinski definition) is 2. The molecule has 1 aromatic heterocycles. The number of furan rings is 1. The topological polar surface area (TPSA) is 51.2 Å². The van der Waals surface area contributed by atoms with Gasteiger partial charge < -0.3 is 4.42 Å². The van der Waals surface area contributed by atoms with E-state index in [1.54, 1.807) is 6.07 Å². The van der Waals surface area contributed by atoms with Crippen LogP contribution < -0.4 is 11.3 Å². The van der Waals surface area contributed by atoms with E-state index in [2.05, 4.69) is 21.4 Å². The Kier molecular flexibility index (Phi) is 4.52. The van der Waals surface area contributed by atoms with E-state index in [-0.39, 0.29) is 6.04 Å². The minimum atomic E-state index is -4.33. The molecule has 0 aliphatic rings. The van der Waals surface area contributed by atoms with Gasteiger partial charge in [0.1, 0.15) is 5.76 Å². The first-order valence-electron chi connectivity index (χ1n) is 5.77. The summed E-state index contributed by atoms with van der Waals surface area (Å²) in [5.74, 6) is 6.07. The first-order chi connectivity index (χ1) is 9.41. The number of halogens is 4. The fraction of sp³-hybridized carbons (Fsp3) is 0.231. The van der Waals surface area contributed by atoms with Gasteiger partial charge in [-0.25, -0.2) is 5.43 Å². The van der Waals surface area contributed by atoms with Crippen molar-refractivity contribution in [1.29, 1.82) is 0 Å². The third-order valence-corrected chi connectivity index (χ3v) is 3.54. The van der Waals surface area contributed by atoms with Gasteiger partial charge in [-0.2, -0.15) is 13.2 Å². The van der Waals surface area contributed by atoms with Crippen molar-refractivity contribution in [3.05, 3.63) is 58.0 Å². The van der Waals surface area contributed by atoms with Crippen molar-refractivity contribution in [1.82, 2.24) is 5.43 Å². The van der Waals surface area contributed by atoms with Gasteiger partial charge in [-0.1, -0.05) is 12.1 Å². The minimum absolute atomic E-state index is 0.323. The Hall–Kier alpha value is -1.31. The van der Waals surface area contributed by atoms with Crippen LogP contribution in [0.1, 0.15) is 22.9 Å². The molecular formula is C13H12BrF3N2O. The Morgan fingerprint density at radius 3 is 2.30 bits per heavy atom. The Balaban J connectivity index is 2.15. The van der Waals surface area contributed by atoms with Crippen LogP contribution in [-0.2, 0) is 12.6 Å². The average Bonchev–Trinajstić information content (AvgIpc) is 2.82. The van der Waals surface area contributed by atoms with Gasteiger partial charge in [-0.05, 0) is 46.1 Å². The Bertz CT molecular complexity index is 566. The molecule has 0 fully saturated rings. The Labute approximate surface area is 122 Å². The smallest absolute Gasteiger partial charge is 0.416 e. The van der Waals surface area contributed by atoms with Crippen LogP contribution in [-0.4, -0.2) is 0 Å². The SMILES string of the molecule is NNC(Cc1ccc(C(F)(F)F)cc1)c1occc1Br. The van der Waals surface area contributed by atoms with Crippen LogP contribution in [0.25, 0.3) is 0 Å². The molecule has 1 heterocycles. The number of hydrogen-bond acceptors (Lipinski definition) is 3. The summed E-state index contributed by atoms with van der Waals surface area (Å²) < 4.78 is 43.5. The number of nitrogens with one attached hydrogen (secondary N) is 1. The van der Waals surface area contributed by atoms with Crippen LogP contribution in [0.15, 0.2) is 45.5 Å². The number of hydrazine groups is 1. The minimum Gasteiger partial charge on any atom is -0.466 e. The quantitative estimate of drug-likeness (QED) is 0.652. The maximum absolute atomic E-state index is 12.5. The third kappa shape index (κ3) is 3.41. The molecule has 0 bridgehead atoms. The summed E-state index contributed by atoms with van der Waals surface area (Å²) in [6, 6.07) is 6.39. The van der Waals surface area contributed by atoms with Crippen LogP contribution in [0.5, 0.6) is 0 Å². The molecule has 3 nitrogen and oxygen atoms in total. The van der Waals surface area contributed by atoms with E-state index in [0.717, 1.165) is 22.2 Å². The zero-order chi connectivity index (χ0) is 14.8. The number of nitrogens with two attached hydrogens (primary N) is 1. The van der Waals surface area contributed by atoms with Gasteiger partial charge >= 0.3 is 6.18 Å². The summed E-state index contributed by atoms with van der Waals surface area (Å²) in [5.41, 5.74) is 2.65. The molecule has 0 amide bonds. The van der Waals surface area contributed by atoms with Crippen LogP contribution in [0.2, 0.25) is 0 Å². The fourth-order valence-electron chi connectivity index (χ4n) is 1.85. The molecule has 1 atom stereocenters. The highest BCUT2D eigenvalue weighted by molar-refractivity contribution is 9.10. The number of alkyl halides is 3. The Morgan fingerprint density at radius 2 is 1.85 bits per heavy atom. The fourth-order valence-corrected chi connectivity index (χ4v) is 2.32. The highest BCUT2D eigenvalue weighted by Gasteiger charge is 2.30. The van der Waals surface area contributed by atoms with Crippen molar-refractivity contribution < 1.29 is 17.6 Å². The molecule has 2 rings (SSSR count). The van der Waals surface area contributed by atoms with Gasteiger partial charge in [0.05, 0.1) is 22.3 Å². The van der Waals surface area contributed by atoms with Gasteiger partial charge in [0.2, 0.25) is 0 Å². The summed E-state index contributed by atoms with van der Waals surface area (Å²) in [6.07, 6.45) is -2.40. The van der Waals surface area contributed by atoms with Crippen molar-refractivity contribution in [2.75, 3.05) is 0 Å². The van der Waals surface area contributed by atoms with Crippen molar-refractivity contribution in [3.8, 4) is 0 Å². The molecule has 0 aliphatic heterocycles. The molecule has 20 heavy (non-hydrogen) atoms. The summed E-state index contributed by atoms with van der Waals surface area (Å²) in [4.78, 5) is 0. The average molecular weight is 349 g/mol. The lowest BCUT2D eigenvalue weighted by molar-refractivity contribution is -0.137. The molecule has 0 aliphatic carbocycles. The van der Waals surface area contributed by atoms with E-state index >= 15 is 0 Å². The van der Waals surface area contributed by atoms with Gasteiger partial charge in [0.15, 0.2) is 0 Å². The van der Waals surface area contributed by atoms with Crippen LogP contribution in [0.4, 0.5) is 13.2 Å². The summed E-state index contributed by atoms with van der Waals surface area (Å²) >= 11 is 3.32. The molecule has 1 unspecified atom stereocenters. The van der Waals surface area contributed by atoms with Gasteiger partial charge in [0, 0.05) is 0 Å². The molecule has 0 saturated carbocycles. The van der Waals surface area contributed by atoms with E-state index in [1.807, 2.05) is 0 Å². The van der Waals surface area contributed by atoms with E-state index in [1.165, 1.54) is 18.4 Å². The highest BCUT2D eigenvalue weighted by atomic mass is 79.9. The summed E-state index contributed by atoms with van der Waals surface area (Å²) in [7, 11) is 0. The zero-order valence-electron chi connectivity index (χ0n) is 10.2. The molecule has 1 aromatic carbocycles. The zero-order valence-corrected chi connectivity index (χ0v) is 11.8. The second-order valence-corrected chi connectivity index (χ2v) is 5.11. The van der Waals surface area contributed by atoms with Crippen LogP contribution >= 0.6 is 15.9 Å². The molecule has 2 aromatic rings. The largest absolute Gasteiger partial charge is 0.466 e. The maximum Gasteiger partial charge on any atom is 0.416 e. The van der Waals surface area contributed by atoms with Gasteiger partial charge in [0.25, 0.3) is 0 Å². The van der Waals surface area contributed by atoms with Gasteiger partial charge in [-0.15, -0.1) is 0 Å². The number of rotatable bonds is 4. The molecule has 0 radical (unpaired) electrons. The second-order valence-electron chi connectivity index (χ2n) is 4.25. The van der Waals surface area contributed by atoms with E-state index < -0.39 is 11.7 Å². The Morgan fingerprint density at radius 1 is 1.20 bits per heavy atom. The van der Waals surface area contributed by atoms with Gasteiger partial charge in [-0.3, -0.25) is 5.84 Å². The molecule has 0 spiro atoms. The predicted molar refractivity (Wildman–Crippen MR) is 71.6 cm³/mol. The molecule has 0 saturated heterocycles. The van der Waals surface area contributed by atoms with Crippen molar-refractivity contribution >= 4 is 15.9 Å². The standard InChI is InChI=1S/C13H12BrF3N2O/c14-10-5-6-20-12(10)11(19-18)7-8-1-3-9(4-2-8)13(15,16)17/h1-6,11,19H,7,18H2. The monoisotopic (exact) mass is 348 g/mol. The first kappa shape index (κ1) is 15.1. The molecule has 108 valence electrons. The van der Waals surface area contributed by atoms with E-state index in [4.69, 9.17) is 10.3 Å². The third-order valence-electron chi connectivity index (χ3n) is 2.88. The van der Waals surface area contributed by atoms with Crippen molar-refractivity contribution in [2.45, 2.75) is 18.6 Å². The van der Waals surface area contributed by atoms with Crippen molar-refractivity contribution in [2.24, 2.45) is 5.84 Å². The lowest BCUT2D eigenvalue weighted by Gasteiger charge is -2.15. The molecular weight excluding hydrogens is 337 g/mol. The second kappa shape index (κ2) is 5.99. The number of benzene rings is 1. The van der Waals surface area contributed by atoms with Crippen LogP contribution in [0.3, 0.4) is 0 Å². The van der Waals surface area contributed by atoms with E-state index in [0.29, 0.717) is 12.2 Å². The first-order valence-corrected chi connectivity index (χ1v) is 6.56. The highest BCUT2D eigenvalue weighted by Crippen LogP contribution is 2.30. The summed E-state index contributed by atoms with van der Waals surface area (Å²) in [6.45, 7) is 0. The lowest BCUT2D eigenvalue weighted by atomic mass is 10.0. The lowest BCUT2D eigenvalue weighted by Crippen LogP contribution is -2.29. The van der Waals surface area contributed by atoms with Crippen molar-refractivity contribution in [3.63, 3.8) is 0 Å². The maximum atomic E-state index is 12.5. The predicted octanol–water partition coefficient (Wildman–Crippen LogP) is 3.81. The van der Waals surface area contributed by atoms with Crippen LogP contribution in [0, 0.1) is 0 Å².